The van der Waals surface area contributed by atoms with Crippen molar-refractivity contribution in [3.8, 4) is 0 Å². The predicted octanol–water partition coefficient (Wildman–Crippen LogP) is 3.93. The van der Waals surface area contributed by atoms with Crippen molar-refractivity contribution in [1.82, 2.24) is 0 Å². The monoisotopic (exact) mass is 256 g/mol. The van der Waals surface area contributed by atoms with Crippen LogP contribution < -0.4 is 0 Å². The number of aliphatic hydroxyl groups excluding tert-OH is 1. The van der Waals surface area contributed by atoms with Gasteiger partial charge in [-0.25, -0.2) is 4.39 Å². The molecule has 1 heterocycles. The molecule has 0 aliphatic carbocycles. The van der Waals surface area contributed by atoms with Crippen LogP contribution in [-0.2, 0) is 0 Å². The zero-order chi connectivity index (χ0) is 11.7. The molecule has 1 unspecified atom stereocenters. The number of hydrogen-bond donors (Lipinski definition) is 1. The van der Waals surface area contributed by atoms with Gasteiger partial charge in [-0.3, -0.25) is 0 Å². The van der Waals surface area contributed by atoms with Gasteiger partial charge in [0.15, 0.2) is 0 Å². The van der Waals surface area contributed by atoms with Gasteiger partial charge in [-0.1, -0.05) is 17.7 Å². The number of halogens is 2. The van der Waals surface area contributed by atoms with Gasteiger partial charge >= 0.3 is 0 Å². The third-order valence-electron chi connectivity index (χ3n) is 2.41. The Kier molecular flexibility index (Phi) is 3.28. The molecule has 1 aromatic heterocycles. The van der Waals surface area contributed by atoms with Crippen LogP contribution in [0.5, 0.6) is 0 Å². The second-order valence-corrected chi connectivity index (χ2v) is 4.89. The predicted molar refractivity (Wildman–Crippen MR) is 64.5 cm³/mol. The molecule has 2 rings (SSSR count). The lowest BCUT2D eigenvalue weighted by Crippen LogP contribution is -2.00. The highest BCUT2D eigenvalue weighted by atomic mass is 35.5. The number of aryl methyl sites for hydroxylation is 1. The molecule has 0 saturated heterocycles. The maximum atomic E-state index is 12.9. The Morgan fingerprint density at radius 1 is 1.38 bits per heavy atom. The van der Waals surface area contributed by atoms with Gasteiger partial charge in [0.2, 0.25) is 0 Å². The molecule has 0 radical (unpaired) electrons. The van der Waals surface area contributed by atoms with Crippen molar-refractivity contribution in [2.75, 3.05) is 0 Å². The maximum Gasteiger partial charge on any atom is 0.124 e. The van der Waals surface area contributed by atoms with Gasteiger partial charge in [0.05, 0.1) is 0 Å². The van der Waals surface area contributed by atoms with Crippen LogP contribution in [0.1, 0.15) is 22.1 Å². The first kappa shape index (κ1) is 11.6. The molecule has 0 amide bonds. The Morgan fingerprint density at radius 3 is 2.69 bits per heavy atom. The van der Waals surface area contributed by atoms with Crippen molar-refractivity contribution in [3.63, 3.8) is 0 Å². The van der Waals surface area contributed by atoms with Gasteiger partial charge in [-0.2, -0.15) is 0 Å². The number of aliphatic hydroxyl groups is 1. The van der Waals surface area contributed by atoms with E-state index < -0.39 is 11.9 Å². The first-order valence-corrected chi connectivity index (χ1v) is 6.02. The third-order valence-corrected chi connectivity index (χ3v) is 3.81. The summed E-state index contributed by atoms with van der Waals surface area (Å²) in [5.74, 6) is -0.399. The van der Waals surface area contributed by atoms with Gasteiger partial charge in [0, 0.05) is 15.5 Å². The lowest BCUT2D eigenvalue weighted by molar-refractivity contribution is 0.223. The average Bonchev–Trinajstić information content (AvgIpc) is 2.63. The molecule has 1 nitrogen and oxygen atoms in total. The number of thiophene rings is 1. The van der Waals surface area contributed by atoms with Gasteiger partial charge < -0.3 is 5.11 Å². The summed E-state index contributed by atoms with van der Waals surface area (Å²) in [5.41, 5.74) is 1.55. The maximum absolute atomic E-state index is 12.9. The SMILES string of the molecule is Cc1ccsc1C(O)c1ccc(F)cc1Cl. The Balaban J connectivity index is 2.41. The average molecular weight is 257 g/mol. The summed E-state index contributed by atoms with van der Waals surface area (Å²) in [5, 5.41) is 12.3. The molecular weight excluding hydrogens is 247 g/mol. The minimum Gasteiger partial charge on any atom is -0.383 e. The normalized spacial score (nSPS) is 12.8. The van der Waals surface area contributed by atoms with E-state index in [1.807, 2.05) is 18.4 Å². The molecule has 0 aliphatic rings. The quantitative estimate of drug-likeness (QED) is 0.863. The molecule has 0 spiro atoms. The first-order chi connectivity index (χ1) is 7.59. The number of hydrogen-bond acceptors (Lipinski definition) is 2. The summed E-state index contributed by atoms with van der Waals surface area (Å²) in [6, 6.07) is 5.96. The molecule has 84 valence electrons. The molecule has 2 aromatic rings. The van der Waals surface area contributed by atoms with Gasteiger partial charge in [0.25, 0.3) is 0 Å². The zero-order valence-electron chi connectivity index (χ0n) is 8.58. The number of rotatable bonds is 2. The summed E-state index contributed by atoms with van der Waals surface area (Å²) in [6.07, 6.45) is -0.784. The second-order valence-electron chi connectivity index (χ2n) is 3.54. The van der Waals surface area contributed by atoms with Crippen molar-refractivity contribution >= 4 is 22.9 Å². The van der Waals surface area contributed by atoms with E-state index in [1.54, 1.807) is 0 Å². The fraction of sp³-hybridized carbons (Fsp3) is 0.167. The highest BCUT2D eigenvalue weighted by molar-refractivity contribution is 7.10. The van der Waals surface area contributed by atoms with E-state index in [2.05, 4.69) is 0 Å². The molecule has 0 fully saturated rings. The van der Waals surface area contributed by atoms with Crippen LogP contribution in [0.15, 0.2) is 29.6 Å². The van der Waals surface area contributed by atoms with Gasteiger partial charge in [0.1, 0.15) is 11.9 Å². The molecule has 0 bridgehead atoms. The van der Waals surface area contributed by atoms with Gasteiger partial charge in [-0.05, 0) is 36.1 Å². The van der Waals surface area contributed by atoms with E-state index in [0.717, 1.165) is 10.4 Å². The van der Waals surface area contributed by atoms with Crippen molar-refractivity contribution in [2.45, 2.75) is 13.0 Å². The molecule has 0 saturated carbocycles. The minimum atomic E-state index is -0.784. The van der Waals surface area contributed by atoms with E-state index in [1.165, 1.54) is 29.5 Å². The van der Waals surface area contributed by atoms with E-state index in [0.29, 0.717) is 5.56 Å². The fourth-order valence-corrected chi connectivity index (χ4v) is 2.73. The Hall–Kier alpha value is -0.900. The summed E-state index contributed by atoms with van der Waals surface area (Å²) >= 11 is 7.36. The Labute approximate surface area is 102 Å². The highest BCUT2D eigenvalue weighted by Crippen LogP contribution is 2.33. The summed E-state index contributed by atoms with van der Waals surface area (Å²) in [7, 11) is 0. The van der Waals surface area contributed by atoms with Crippen LogP contribution >= 0.6 is 22.9 Å². The fourth-order valence-electron chi connectivity index (χ4n) is 1.53. The van der Waals surface area contributed by atoms with Crippen molar-refractivity contribution < 1.29 is 9.50 Å². The topological polar surface area (TPSA) is 20.2 Å². The zero-order valence-corrected chi connectivity index (χ0v) is 10.1. The highest BCUT2D eigenvalue weighted by Gasteiger charge is 2.17. The summed E-state index contributed by atoms with van der Waals surface area (Å²) in [4.78, 5) is 0.841. The van der Waals surface area contributed by atoms with E-state index in [9.17, 15) is 9.50 Å². The van der Waals surface area contributed by atoms with Crippen LogP contribution in [0.2, 0.25) is 5.02 Å². The molecule has 16 heavy (non-hydrogen) atoms. The summed E-state index contributed by atoms with van der Waals surface area (Å²) in [6.45, 7) is 1.92. The van der Waals surface area contributed by atoms with Crippen molar-refractivity contribution in [1.29, 1.82) is 0 Å². The molecule has 0 aliphatic heterocycles. The van der Waals surface area contributed by atoms with Crippen LogP contribution in [-0.4, -0.2) is 5.11 Å². The van der Waals surface area contributed by atoms with Crippen LogP contribution in [0, 0.1) is 12.7 Å². The largest absolute Gasteiger partial charge is 0.383 e. The first-order valence-electron chi connectivity index (χ1n) is 4.76. The second kappa shape index (κ2) is 4.53. The third kappa shape index (κ3) is 2.12. The van der Waals surface area contributed by atoms with Crippen LogP contribution in [0.3, 0.4) is 0 Å². The minimum absolute atomic E-state index is 0.250. The summed E-state index contributed by atoms with van der Waals surface area (Å²) < 4.78 is 12.9. The molecule has 1 aromatic carbocycles. The van der Waals surface area contributed by atoms with Crippen molar-refractivity contribution in [3.05, 3.63) is 56.5 Å². The van der Waals surface area contributed by atoms with Crippen molar-refractivity contribution in [2.24, 2.45) is 0 Å². The Morgan fingerprint density at radius 2 is 2.12 bits per heavy atom. The Bertz CT molecular complexity index is 509. The van der Waals surface area contributed by atoms with E-state index in [-0.39, 0.29) is 5.02 Å². The number of benzene rings is 1. The molecule has 4 heteroatoms. The standard InChI is InChI=1S/C12H10ClFOS/c1-7-4-5-16-12(7)11(15)9-3-2-8(14)6-10(9)13/h2-6,11,15H,1H3. The lowest BCUT2D eigenvalue weighted by Gasteiger charge is -2.12. The molecule has 1 N–H and O–H groups in total. The smallest absolute Gasteiger partial charge is 0.124 e. The van der Waals surface area contributed by atoms with Crippen LogP contribution in [0.4, 0.5) is 4.39 Å². The lowest BCUT2D eigenvalue weighted by atomic mass is 10.1. The molecule has 1 atom stereocenters. The molecular formula is C12H10ClFOS. The van der Waals surface area contributed by atoms with E-state index in [4.69, 9.17) is 11.6 Å². The van der Waals surface area contributed by atoms with Gasteiger partial charge in [-0.15, -0.1) is 11.3 Å². The van der Waals surface area contributed by atoms with E-state index >= 15 is 0 Å². The van der Waals surface area contributed by atoms with Crippen LogP contribution in [0.25, 0.3) is 0 Å².